The van der Waals surface area contributed by atoms with Crippen LogP contribution >= 0.6 is 11.8 Å². The van der Waals surface area contributed by atoms with Crippen molar-refractivity contribution in [2.45, 2.75) is 62.2 Å². The topological polar surface area (TPSA) is 105 Å². The minimum absolute atomic E-state index is 0.00299. The number of rotatable bonds is 12. The van der Waals surface area contributed by atoms with Crippen LogP contribution in [0.5, 0.6) is 0 Å². The molecular weight excluding hydrogens is 502 g/mol. The molecule has 4 rings (SSSR count). The second kappa shape index (κ2) is 14.1. The lowest BCUT2D eigenvalue weighted by Crippen LogP contribution is -2.31. The van der Waals surface area contributed by atoms with Gasteiger partial charge in [0, 0.05) is 42.0 Å². The molecule has 7 nitrogen and oxygen atoms in total. The average Bonchev–Trinajstić information content (AvgIpc) is 2.95. The Hall–Kier alpha value is -3.17. The Balaban J connectivity index is 1.40. The first-order valence-electron chi connectivity index (χ1n) is 12.8. The lowest BCUT2D eigenvalue weighted by atomic mass is 10.0. The van der Waals surface area contributed by atoms with Crippen LogP contribution in [0.1, 0.15) is 60.3 Å². The molecule has 0 aliphatic carbocycles. The summed E-state index contributed by atoms with van der Waals surface area (Å²) in [6.07, 6.45) is 0.523. The SMILES string of the molecule is O=C(O)CCCC(=O)NCc1ccc(C2OC(CSc3ccccc3)CC(c3ccc(CO)cc3)O2)cc1. The van der Waals surface area contributed by atoms with Gasteiger partial charge in [0.05, 0.1) is 18.8 Å². The summed E-state index contributed by atoms with van der Waals surface area (Å²) in [4.78, 5) is 23.8. The minimum Gasteiger partial charge on any atom is -0.481 e. The summed E-state index contributed by atoms with van der Waals surface area (Å²) in [5.41, 5.74) is 3.74. The van der Waals surface area contributed by atoms with E-state index >= 15 is 0 Å². The quantitative estimate of drug-likeness (QED) is 0.267. The lowest BCUT2D eigenvalue weighted by Gasteiger charge is -2.36. The highest BCUT2D eigenvalue weighted by atomic mass is 32.2. The number of aliphatic carboxylic acids is 1. The Morgan fingerprint density at radius 1 is 0.868 bits per heavy atom. The van der Waals surface area contributed by atoms with Crippen LogP contribution < -0.4 is 5.32 Å². The number of benzene rings is 3. The van der Waals surface area contributed by atoms with E-state index < -0.39 is 12.3 Å². The van der Waals surface area contributed by atoms with Crippen molar-refractivity contribution in [2.75, 3.05) is 5.75 Å². The summed E-state index contributed by atoms with van der Waals surface area (Å²) in [7, 11) is 0. The Morgan fingerprint density at radius 3 is 2.24 bits per heavy atom. The normalized spacial score (nSPS) is 19.1. The molecule has 3 N–H and O–H groups in total. The van der Waals surface area contributed by atoms with Crippen LogP contribution in [0.4, 0.5) is 0 Å². The summed E-state index contributed by atoms with van der Waals surface area (Å²) in [6.45, 7) is 0.373. The minimum atomic E-state index is -0.897. The molecule has 0 spiro atoms. The number of carboxylic acid groups (broad SMARTS) is 1. The second-order valence-electron chi connectivity index (χ2n) is 9.24. The van der Waals surface area contributed by atoms with Gasteiger partial charge in [-0.3, -0.25) is 9.59 Å². The maximum absolute atomic E-state index is 12.0. The van der Waals surface area contributed by atoms with Crippen molar-refractivity contribution in [1.29, 1.82) is 0 Å². The van der Waals surface area contributed by atoms with Crippen molar-refractivity contribution in [1.82, 2.24) is 5.32 Å². The first kappa shape index (κ1) is 27.9. The van der Waals surface area contributed by atoms with Crippen LogP contribution in [0.2, 0.25) is 0 Å². The van der Waals surface area contributed by atoms with Crippen molar-refractivity contribution in [3.05, 3.63) is 101 Å². The zero-order valence-electron chi connectivity index (χ0n) is 21.1. The molecule has 38 heavy (non-hydrogen) atoms. The fourth-order valence-electron chi connectivity index (χ4n) is 4.21. The molecular formula is C30H33NO6S. The number of hydrogen-bond acceptors (Lipinski definition) is 6. The van der Waals surface area contributed by atoms with Crippen LogP contribution in [-0.2, 0) is 32.2 Å². The monoisotopic (exact) mass is 535 g/mol. The molecule has 0 aromatic heterocycles. The van der Waals surface area contributed by atoms with Crippen LogP contribution in [0.25, 0.3) is 0 Å². The van der Waals surface area contributed by atoms with E-state index in [-0.39, 0.29) is 37.6 Å². The molecule has 3 aromatic rings. The smallest absolute Gasteiger partial charge is 0.303 e. The maximum Gasteiger partial charge on any atom is 0.303 e. The van der Waals surface area contributed by atoms with Gasteiger partial charge in [0.2, 0.25) is 5.91 Å². The molecule has 1 saturated heterocycles. The molecule has 3 aromatic carbocycles. The number of carbonyl (C=O) groups is 2. The van der Waals surface area contributed by atoms with E-state index in [9.17, 15) is 14.7 Å². The number of nitrogens with one attached hydrogen (secondary N) is 1. The molecule has 1 heterocycles. The van der Waals surface area contributed by atoms with E-state index in [1.54, 1.807) is 11.8 Å². The molecule has 3 unspecified atom stereocenters. The van der Waals surface area contributed by atoms with Crippen molar-refractivity contribution in [3.8, 4) is 0 Å². The molecule has 8 heteroatoms. The molecule has 200 valence electrons. The highest BCUT2D eigenvalue weighted by Gasteiger charge is 2.32. The Kier molecular flexibility index (Phi) is 10.3. The number of amides is 1. The van der Waals surface area contributed by atoms with Crippen molar-refractivity contribution >= 4 is 23.6 Å². The fourth-order valence-corrected chi connectivity index (χ4v) is 5.15. The first-order chi connectivity index (χ1) is 18.5. The van der Waals surface area contributed by atoms with Crippen LogP contribution in [0, 0.1) is 0 Å². The van der Waals surface area contributed by atoms with Crippen LogP contribution in [-0.4, -0.2) is 33.9 Å². The van der Waals surface area contributed by atoms with E-state index in [1.165, 1.54) is 4.90 Å². The molecule has 1 fully saturated rings. The lowest BCUT2D eigenvalue weighted by molar-refractivity contribution is -0.245. The average molecular weight is 536 g/mol. The highest BCUT2D eigenvalue weighted by Crippen LogP contribution is 2.39. The summed E-state index contributed by atoms with van der Waals surface area (Å²) in [5, 5.41) is 20.9. The number of carboxylic acids is 1. The summed E-state index contributed by atoms with van der Waals surface area (Å²) in [5.74, 6) is -0.268. The standard InChI is InChI=1S/C30H33NO6S/c32-19-22-11-13-23(14-12-22)27-17-25(20-38-26-5-2-1-3-6-26)36-30(37-27)24-15-9-21(10-16-24)18-31-28(33)7-4-8-29(34)35/h1-3,5-6,9-16,25,27,30,32H,4,7-8,17-20H2,(H,31,33)(H,34,35). The zero-order valence-corrected chi connectivity index (χ0v) is 21.9. The second-order valence-corrected chi connectivity index (χ2v) is 10.3. The van der Waals surface area contributed by atoms with E-state index in [4.69, 9.17) is 14.6 Å². The van der Waals surface area contributed by atoms with Crippen molar-refractivity contribution in [2.24, 2.45) is 0 Å². The van der Waals surface area contributed by atoms with Gasteiger partial charge in [0.1, 0.15) is 0 Å². The number of carbonyl (C=O) groups excluding carboxylic acids is 1. The maximum atomic E-state index is 12.0. The molecule has 0 bridgehead atoms. The molecule has 3 atom stereocenters. The van der Waals surface area contributed by atoms with Gasteiger partial charge in [-0.05, 0) is 35.2 Å². The van der Waals surface area contributed by atoms with Crippen molar-refractivity contribution in [3.63, 3.8) is 0 Å². The fraction of sp³-hybridized carbons (Fsp3) is 0.333. The largest absolute Gasteiger partial charge is 0.481 e. The number of aliphatic hydroxyl groups is 1. The van der Waals surface area contributed by atoms with Gasteiger partial charge in [0.15, 0.2) is 6.29 Å². The Morgan fingerprint density at radius 2 is 1.55 bits per heavy atom. The molecule has 0 saturated carbocycles. The number of hydrogen-bond donors (Lipinski definition) is 3. The molecule has 1 aliphatic heterocycles. The van der Waals surface area contributed by atoms with E-state index in [0.29, 0.717) is 13.0 Å². The number of aliphatic hydroxyl groups excluding tert-OH is 1. The molecule has 1 aliphatic rings. The van der Waals surface area contributed by atoms with Gasteiger partial charge in [-0.1, -0.05) is 66.7 Å². The van der Waals surface area contributed by atoms with Crippen molar-refractivity contribution < 1.29 is 29.3 Å². The van der Waals surface area contributed by atoms with E-state index in [2.05, 4.69) is 17.4 Å². The van der Waals surface area contributed by atoms with Gasteiger partial charge in [-0.15, -0.1) is 11.8 Å². The summed E-state index contributed by atoms with van der Waals surface area (Å²) in [6, 6.07) is 25.9. The third kappa shape index (κ3) is 8.43. The summed E-state index contributed by atoms with van der Waals surface area (Å²) >= 11 is 1.76. The van der Waals surface area contributed by atoms with Gasteiger partial charge in [0.25, 0.3) is 0 Å². The third-order valence-corrected chi connectivity index (χ3v) is 7.47. The number of thioether (sulfide) groups is 1. The van der Waals surface area contributed by atoms with Gasteiger partial charge < -0.3 is 25.0 Å². The predicted octanol–water partition coefficient (Wildman–Crippen LogP) is 5.39. The first-order valence-corrected chi connectivity index (χ1v) is 13.7. The predicted molar refractivity (Wildman–Crippen MR) is 145 cm³/mol. The zero-order chi connectivity index (χ0) is 26.7. The summed E-state index contributed by atoms with van der Waals surface area (Å²) < 4.78 is 12.8. The van der Waals surface area contributed by atoms with Gasteiger partial charge in [-0.2, -0.15) is 0 Å². The van der Waals surface area contributed by atoms with Gasteiger partial charge >= 0.3 is 5.97 Å². The van der Waals surface area contributed by atoms with Crippen LogP contribution in [0.15, 0.2) is 83.8 Å². The third-order valence-electron chi connectivity index (χ3n) is 6.33. The molecule has 0 radical (unpaired) electrons. The van der Waals surface area contributed by atoms with E-state index in [1.807, 2.05) is 66.7 Å². The Labute approximate surface area is 227 Å². The van der Waals surface area contributed by atoms with Crippen LogP contribution in [0.3, 0.4) is 0 Å². The van der Waals surface area contributed by atoms with E-state index in [0.717, 1.165) is 34.4 Å². The molecule has 1 amide bonds. The highest BCUT2D eigenvalue weighted by molar-refractivity contribution is 7.99. The van der Waals surface area contributed by atoms with Gasteiger partial charge in [-0.25, -0.2) is 0 Å². The Bertz CT molecular complexity index is 1170. The number of ether oxygens (including phenoxy) is 2.